The van der Waals surface area contributed by atoms with Gasteiger partial charge in [0.05, 0.1) is 17.6 Å². The largest absolute Gasteiger partial charge is 0.459 e. The lowest BCUT2D eigenvalue weighted by atomic mass is 10.1. The van der Waals surface area contributed by atoms with Crippen molar-refractivity contribution in [1.29, 1.82) is 0 Å². The van der Waals surface area contributed by atoms with E-state index < -0.39 is 0 Å². The minimum absolute atomic E-state index is 0.0575. The molecule has 1 saturated heterocycles. The lowest BCUT2D eigenvalue weighted by molar-refractivity contribution is 0.0951. The van der Waals surface area contributed by atoms with Crippen molar-refractivity contribution >= 4 is 34.9 Å². The van der Waals surface area contributed by atoms with Crippen LogP contribution in [0.3, 0.4) is 0 Å². The molecular weight excluding hydrogens is 508 g/mol. The fraction of sp³-hybridized carbons (Fsp3) is 0.367. The maximum absolute atomic E-state index is 12.9. The maximum atomic E-state index is 12.9. The Bertz CT molecular complexity index is 1300. The van der Waals surface area contributed by atoms with Gasteiger partial charge in [0.2, 0.25) is 0 Å². The van der Waals surface area contributed by atoms with Crippen molar-refractivity contribution < 1.29 is 18.8 Å². The van der Waals surface area contributed by atoms with Crippen LogP contribution in [0.15, 0.2) is 65.3 Å². The molecule has 1 aromatic heterocycles. The van der Waals surface area contributed by atoms with E-state index in [1.165, 1.54) is 17.5 Å². The summed E-state index contributed by atoms with van der Waals surface area (Å²) in [5.74, 6) is -0.441. The fourth-order valence-corrected chi connectivity index (χ4v) is 4.66. The van der Waals surface area contributed by atoms with Crippen LogP contribution in [0.5, 0.6) is 0 Å². The van der Waals surface area contributed by atoms with Crippen molar-refractivity contribution in [2.75, 3.05) is 54.4 Å². The lowest BCUT2D eigenvalue weighted by Gasteiger charge is -2.38. The number of para-hydroxylation sites is 1. The molecular formula is C30H38N6O4. The molecule has 212 valence electrons. The van der Waals surface area contributed by atoms with Gasteiger partial charge in [-0.2, -0.15) is 0 Å². The van der Waals surface area contributed by atoms with E-state index >= 15 is 0 Å². The highest BCUT2D eigenvalue weighted by Gasteiger charge is 2.23. The molecule has 3 aromatic rings. The number of rotatable bonds is 10. The van der Waals surface area contributed by atoms with Crippen molar-refractivity contribution in [3.63, 3.8) is 0 Å². The smallest absolute Gasteiger partial charge is 0.314 e. The van der Waals surface area contributed by atoms with Crippen LogP contribution in [-0.4, -0.2) is 63.2 Å². The molecule has 40 heavy (non-hydrogen) atoms. The van der Waals surface area contributed by atoms with E-state index in [1.807, 2.05) is 26.0 Å². The molecule has 0 saturated carbocycles. The normalized spacial score (nSPS) is 13.2. The zero-order valence-corrected chi connectivity index (χ0v) is 23.3. The number of amides is 4. The van der Waals surface area contributed by atoms with Crippen LogP contribution >= 0.6 is 0 Å². The SMILES string of the molecule is Cc1ccccc1N1CCN(c2ccc(C(=O)NCCCNC(=O)NC(C)C)cc2NC(=O)c2ccco2)CC1. The van der Waals surface area contributed by atoms with Crippen molar-refractivity contribution in [2.45, 2.75) is 33.2 Å². The number of carbonyl (C=O) groups is 3. The van der Waals surface area contributed by atoms with Crippen molar-refractivity contribution in [2.24, 2.45) is 0 Å². The van der Waals surface area contributed by atoms with Gasteiger partial charge in [0, 0.05) is 56.6 Å². The van der Waals surface area contributed by atoms with E-state index in [4.69, 9.17) is 4.42 Å². The number of urea groups is 1. The third kappa shape index (κ3) is 7.56. The summed E-state index contributed by atoms with van der Waals surface area (Å²) >= 11 is 0. The Labute approximate surface area is 235 Å². The molecule has 2 aromatic carbocycles. The molecule has 0 radical (unpaired) electrons. The summed E-state index contributed by atoms with van der Waals surface area (Å²) in [5, 5.41) is 11.4. The predicted molar refractivity (Wildman–Crippen MR) is 157 cm³/mol. The van der Waals surface area contributed by atoms with Gasteiger partial charge in [0.15, 0.2) is 5.76 Å². The van der Waals surface area contributed by atoms with E-state index in [9.17, 15) is 14.4 Å². The zero-order valence-electron chi connectivity index (χ0n) is 23.3. The molecule has 2 heterocycles. The summed E-state index contributed by atoms with van der Waals surface area (Å²) in [6.45, 7) is 9.94. The highest BCUT2D eigenvalue weighted by molar-refractivity contribution is 6.05. The van der Waals surface area contributed by atoms with Gasteiger partial charge in [-0.15, -0.1) is 0 Å². The number of aryl methyl sites for hydroxylation is 1. The van der Waals surface area contributed by atoms with Gasteiger partial charge in [-0.1, -0.05) is 18.2 Å². The standard InChI is InChI=1S/C30H38N6O4/c1-21(2)33-30(39)32-14-7-13-31-28(37)23-11-12-26(24(20-23)34-29(38)27-10-6-19-40-27)36-17-15-35(16-18-36)25-9-5-4-8-22(25)3/h4-6,8-12,19-21H,7,13-18H2,1-3H3,(H,31,37)(H,34,38)(H2,32,33,39). The van der Waals surface area contributed by atoms with E-state index in [0.717, 1.165) is 31.9 Å². The Hall–Kier alpha value is -4.47. The quantitative estimate of drug-likeness (QED) is 0.286. The number of piperazine rings is 1. The molecule has 4 N–H and O–H groups in total. The van der Waals surface area contributed by atoms with E-state index in [2.05, 4.69) is 56.2 Å². The zero-order chi connectivity index (χ0) is 28.5. The Balaban J connectivity index is 1.42. The third-order valence-electron chi connectivity index (χ3n) is 6.67. The molecule has 0 unspecified atom stereocenters. The molecule has 1 aliphatic rings. The number of nitrogens with zero attached hydrogens (tertiary/aromatic N) is 2. The number of anilines is 3. The van der Waals surface area contributed by atoms with Gasteiger partial charge in [-0.05, 0) is 69.2 Å². The molecule has 0 atom stereocenters. The van der Waals surface area contributed by atoms with Crippen molar-refractivity contribution in [3.8, 4) is 0 Å². The van der Waals surface area contributed by atoms with Crippen molar-refractivity contribution in [3.05, 3.63) is 77.7 Å². The second kappa shape index (κ2) is 13.5. The molecule has 0 bridgehead atoms. The van der Waals surface area contributed by atoms with Gasteiger partial charge >= 0.3 is 6.03 Å². The number of furan rings is 1. The summed E-state index contributed by atoms with van der Waals surface area (Å²) in [4.78, 5) is 42.1. The Kier molecular flexibility index (Phi) is 9.66. The van der Waals surface area contributed by atoms with Crippen LogP contribution in [0.25, 0.3) is 0 Å². The molecule has 0 spiro atoms. The summed E-state index contributed by atoms with van der Waals surface area (Å²) < 4.78 is 5.27. The van der Waals surface area contributed by atoms with Gasteiger partial charge in [-0.25, -0.2) is 4.79 Å². The topological polar surface area (TPSA) is 119 Å². The molecule has 4 rings (SSSR count). The average molecular weight is 547 g/mol. The minimum atomic E-state index is -0.381. The minimum Gasteiger partial charge on any atom is -0.459 e. The van der Waals surface area contributed by atoms with Gasteiger partial charge in [-0.3, -0.25) is 9.59 Å². The number of carbonyl (C=O) groups excluding carboxylic acids is 3. The highest BCUT2D eigenvalue weighted by atomic mass is 16.3. The van der Waals surface area contributed by atoms with Crippen LogP contribution in [0.2, 0.25) is 0 Å². The Morgan fingerprint density at radius 1 is 0.850 bits per heavy atom. The molecule has 1 fully saturated rings. The predicted octanol–water partition coefficient (Wildman–Crippen LogP) is 3.99. The second-order valence-electron chi connectivity index (χ2n) is 10.1. The van der Waals surface area contributed by atoms with Gasteiger partial charge in [0.1, 0.15) is 0 Å². The first kappa shape index (κ1) is 28.5. The molecule has 4 amide bonds. The van der Waals surface area contributed by atoms with Crippen LogP contribution in [0.4, 0.5) is 21.9 Å². The van der Waals surface area contributed by atoms with Crippen LogP contribution in [0, 0.1) is 6.92 Å². The number of hydrogen-bond acceptors (Lipinski definition) is 6. The fourth-order valence-electron chi connectivity index (χ4n) is 4.66. The lowest BCUT2D eigenvalue weighted by Crippen LogP contribution is -2.47. The second-order valence-corrected chi connectivity index (χ2v) is 10.1. The molecule has 10 nitrogen and oxygen atoms in total. The molecule has 0 aliphatic carbocycles. The summed E-state index contributed by atoms with van der Waals surface area (Å²) in [6.07, 6.45) is 2.04. The van der Waals surface area contributed by atoms with Crippen LogP contribution in [0.1, 0.15) is 46.7 Å². The van der Waals surface area contributed by atoms with Crippen LogP contribution in [-0.2, 0) is 0 Å². The summed E-state index contributed by atoms with van der Waals surface area (Å²) in [5.41, 5.74) is 4.30. The first-order valence-electron chi connectivity index (χ1n) is 13.7. The van der Waals surface area contributed by atoms with E-state index in [1.54, 1.807) is 24.3 Å². The Morgan fingerprint density at radius 3 is 2.23 bits per heavy atom. The summed E-state index contributed by atoms with van der Waals surface area (Å²) in [7, 11) is 0. The number of nitrogens with one attached hydrogen (secondary N) is 4. The van der Waals surface area contributed by atoms with Crippen molar-refractivity contribution in [1.82, 2.24) is 16.0 Å². The third-order valence-corrected chi connectivity index (χ3v) is 6.67. The van der Waals surface area contributed by atoms with Gasteiger partial charge in [0.25, 0.3) is 11.8 Å². The van der Waals surface area contributed by atoms with E-state index in [0.29, 0.717) is 30.8 Å². The van der Waals surface area contributed by atoms with Gasteiger partial charge < -0.3 is 35.5 Å². The first-order chi connectivity index (χ1) is 19.3. The number of benzene rings is 2. The average Bonchev–Trinajstić information content (AvgIpc) is 3.48. The summed E-state index contributed by atoms with van der Waals surface area (Å²) in [6, 6.07) is 16.8. The highest BCUT2D eigenvalue weighted by Crippen LogP contribution is 2.30. The monoisotopic (exact) mass is 546 g/mol. The molecule has 1 aliphatic heterocycles. The Morgan fingerprint density at radius 2 is 1.55 bits per heavy atom. The number of hydrogen-bond donors (Lipinski definition) is 4. The molecule has 10 heteroatoms. The maximum Gasteiger partial charge on any atom is 0.314 e. The first-order valence-corrected chi connectivity index (χ1v) is 13.7. The van der Waals surface area contributed by atoms with E-state index in [-0.39, 0.29) is 29.6 Å². The van der Waals surface area contributed by atoms with Crippen LogP contribution < -0.4 is 31.1 Å².